The molecule has 0 aliphatic carbocycles. The second-order valence-electron chi connectivity index (χ2n) is 6.11. The number of hydrogen-bond donors (Lipinski definition) is 0. The van der Waals surface area contributed by atoms with Gasteiger partial charge in [-0.2, -0.15) is 0 Å². The number of ether oxygens (including phenoxy) is 2. The number of fused-ring (bicyclic) bond motifs is 1. The summed E-state index contributed by atoms with van der Waals surface area (Å²) < 4.78 is 11.4. The fourth-order valence-electron chi connectivity index (χ4n) is 2.79. The van der Waals surface area contributed by atoms with Crippen molar-refractivity contribution >= 4 is 23.3 Å². The molecule has 0 aromatic heterocycles. The Morgan fingerprint density at radius 1 is 1.36 bits per heavy atom. The van der Waals surface area contributed by atoms with Crippen LogP contribution in [0.2, 0.25) is 5.02 Å². The number of nitro benzene ring substituents is 1. The van der Waals surface area contributed by atoms with Gasteiger partial charge in [0.15, 0.2) is 0 Å². The number of esters is 1. The van der Waals surface area contributed by atoms with Gasteiger partial charge in [-0.25, -0.2) is 4.79 Å². The molecule has 0 saturated heterocycles. The average molecular weight is 362 g/mol. The van der Waals surface area contributed by atoms with Crippen LogP contribution in [0.1, 0.15) is 34.8 Å². The van der Waals surface area contributed by atoms with Crippen LogP contribution >= 0.6 is 11.6 Å². The Morgan fingerprint density at radius 2 is 2.08 bits per heavy atom. The summed E-state index contributed by atoms with van der Waals surface area (Å²) >= 11 is 5.94. The number of carbonyl (C=O) groups excluding carboxylic acids is 1. The van der Waals surface area contributed by atoms with E-state index in [4.69, 9.17) is 21.1 Å². The molecule has 1 atom stereocenters. The molecule has 1 heterocycles. The van der Waals surface area contributed by atoms with Crippen LogP contribution in [0.25, 0.3) is 0 Å². The summed E-state index contributed by atoms with van der Waals surface area (Å²) in [6, 6.07) is 9.93. The summed E-state index contributed by atoms with van der Waals surface area (Å²) in [4.78, 5) is 22.9. The Bertz CT molecular complexity index is 867. The molecular weight excluding hydrogens is 346 g/mol. The third kappa shape index (κ3) is 3.44. The molecule has 0 fully saturated rings. The van der Waals surface area contributed by atoms with Gasteiger partial charge >= 0.3 is 5.97 Å². The second-order valence-corrected chi connectivity index (χ2v) is 6.52. The molecule has 0 N–H and O–H groups in total. The zero-order valence-electron chi connectivity index (χ0n) is 13.7. The van der Waals surface area contributed by atoms with Crippen molar-refractivity contribution in [2.75, 3.05) is 0 Å². The van der Waals surface area contributed by atoms with E-state index in [0.717, 1.165) is 5.56 Å². The molecule has 2 aromatic rings. The quantitative estimate of drug-likeness (QED) is 0.458. The highest BCUT2D eigenvalue weighted by atomic mass is 35.5. The molecule has 3 rings (SSSR count). The first kappa shape index (κ1) is 17.2. The first-order valence-corrected chi connectivity index (χ1v) is 8.12. The third-order valence-corrected chi connectivity index (χ3v) is 4.48. The standard InChI is InChI=1S/C18H16ClNO5/c1-11-5-3-4-6-13(11)17(21)25-18(2)8-7-12-9-15(20(22)23)14(19)10-16(12)24-18/h3-6,9-10H,7-8H2,1-2H3. The van der Waals surface area contributed by atoms with Gasteiger partial charge < -0.3 is 9.47 Å². The zero-order chi connectivity index (χ0) is 18.2. The minimum atomic E-state index is -1.16. The minimum Gasteiger partial charge on any atom is -0.452 e. The van der Waals surface area contributed by atoms with Crippen LogP contribution in [0.15, 0.2) is 36.4 Å². The van der Waals surface area contributed by atoms with E-state index in [1.54, 1.807) is 19.1 Å². The van der Waals surface area contributed by atoms with Crippen LogP contribution in [0.3, 0.4) is 0 Å². The van der Waals surface area contributed by atoms with Gasteiger partial charge in [-0.1, -0.05) is 29.8 Å². The lowest BCUT2D eigenvalue weighted by atomic mass is 10.00. The zero-order valence-corrected chi connectivity index (χ0v) is 14.5. The lowest BCUT2D eigenvalue weighted by molar-refractivity contribution is -0.384. The highest BCUT2D eigenvalue weighted by Crippen LogP contribution is 2.39. The van der Waals surface area contributed by atoms with Gasteiger partial charge in [-0.15, -0.1) is 0 Å². The fraction of sp³-hybridized carbons (Fsp3) is 0.278. The molecule has 0 saturated carbocycles. The number of aryl methyl sites for hydroxylation is 2. The molecule has 25 heavy (non-hydrogen) atoms. The van der Waals surface area contributed by atoms with Crippen LogP contribution in [0, 0.1) is 17.0 Å². The molecule has 1 aliphatic heterocycles. The number of hydrogen-bond acceptors (Lipinski definition) is 5. The SMILES string of the molecule is Cc1ccccc1C(=O)OC1(C)CCc2cc([N+](=O)[O-])c(Cl)cc2O1. The van der Waals surface area contributed by atoms with E-state index in [1.807, 2.05) is 19.1 Å². The van der Waals surface area contributed by atoms with Crippen molar-refractivity contribution < 1.29 is 19.2 Å². The largest absolute Gasteiger partial charge is 0.452 e. The van der Waals surface area contributed by atoms with Crippen LogP contribution in [-0.4, -0.2) is 16.7 Å². The number of benzene rings is 2. The summed E-state index contributed by atoms with van der Waals surface area (Å²) in [6.45, 7) is 3.50. The number of nitro groups is 1. The van der Waals surface area contributed by atoms with Gasteiger partial charge in [0, 0.05) is 31.0 Å². The van der Waals surface area contributed by atoms with Crippen LogP contribution in [0.5, 0.6) is 5.75 Å². The molecule has 0 bridgehead atoms. The molecule has 0 amide bonds. The van der Waals surface area contributed by atoms with Crippen molar-refractivity contribution in [1.82, 2.24) is 0 Å². The monoisotopic (exact) mass is 361 g/mol. The molecule has 1 aliphatic rings. The van der Waals surface area contributed by atoms with Crippen molar-refractivity contribution in [3.8, 4) is 5.75 Å². The summed E-state index contributed by atoms with van der Waals surface area (Å²) in [5, 5.41) is 11.0. The van der Waals surface area contributed by atoms with E-state index < -0.39 is 16.7 Å². The number of carbonyl (C=O) groups is 1. The van der Waals surface area contributed by atoms with E-state index >= 15 is 0 Å². The molecule has 0 spiro atoms. The minimum absolute atomic E-state index is 0.0155. The summed E-state index contributed by atoms with van der Waals surface area (Å²) in [5.41, 5.74) is 1.79. The van der Waals surface area contributed by atoms with Crippen LogP contribution < -0.4 is 4.74 Å². The highest BCUT2D eigenvalue weighted by molar-refractivity contribution is 6.32. The van der Waals surface area contributed by atoms with E-state index in [1.165, 1.54) is 12.1 Å². The van der Waals surface area contributed by atoms with Crippen molar-refractivity contribution in [1.29, 1.82) is 0 Å². The van der Waals surface area contributed by atoms with Gasteiger partial charge in [0.2, 0.25) is 0 Å². The Kier molecular flexibility index (Phi) is 4.39. The Morgan fingerprint density at radius 3 is 2.76 bits per heavy atom. The van der Waals surface area contributed by atoms with Crippen LogP contribution in [0.4, 0.5) is 5.69 Å². The Labute approximate surface area is 149 Å². The predicted octanol–water partition coefficient (Wildman–Crippen LogP) is 4.45. The first-order chi connectivity index (χ1) is 11.8. The van der Waals surface area contributed by atoms with E-state index in [-0.39, 0.29) is 10.7 Å². The predicted molar refractivity (Wildman–Crippen MR) is 92.1 cm³/mol. The molecule has 6 nitrogen and oxygen atoms in total. The summed E-state index contributed by atoms with van der Waals surface area (Å²) in [5.74, 6) is -1.25. The summed E-state index contributed by atoms with van der Waals surface area (Å²) in [6.07, 6.45) is 0.862. The number of rotatable bonds is 3. The smallest absolute Gasteiger partial charge is 0.341 e. The molecule has 2 aromatic carbocycles. The summed E-state index contributed by atoms with van der Waals surface area (Å²) in [7, 11) is 0. The van der Waals surface area contributed by atoms with Gasteiger partial charge in [0.1, 0.15) is 10.8 Å². The molecule has 7 heteroatoms. The average Bonchev–Trinajstić information content (AvgIpc) is 2.53. The van der Waals surface area contributed by atoms with E-state index in [9.17, 15) is 14.9 Å². The van der Waals surface area contributed by atoms with Crippen molar-refractivity contribution in [2.45, 2.75) is 32.5 Å². The van der Waals surface area contributed by atoms with Crippen molar-refractivity contribution in [2.24, 2.45) is 0 Å². The van der Waals surface area contributed by atoms with E-state index in [0.29, 0.717) is 29.7 Å². The highest BCUT2D eigenvalue weighted by Gasteiger charge is 2.37. The molecule has 1 unspecified atom stereocenters. The van der Waals surface area contributed by atoms with Crippen LogP contribution in [-0.2, 0) is 11.2 Å². The molecule has 130 valence electrons. The van der Waals surface area contributed by atoms with Gasteiger partial charge in [0.25, 0.3) is 11.5 Å². The van der Waals surface area contributed by atoms with Gasteiger partial charge in [0.05, 0.1) is 10.5 Å². The van der Waals surface area contributed by atoms with Crippen molar-refractivity contribution in [3.63, 3.8) is 0 Å². The first-order valence-electron chi connectivity index (χ1n) is 7.74. The second kappa shape index (κ2) is 6.37. The molecule has 0 radical (unpaired) electrons. The lowest BCUT2D eigenvalue weighted by Gasteiger charge is -2.35. The van der Waals surface area contributed by atoms with Crippen molar-refractivity contribution in [3.05, 3.63) is 68.2 Å². The fourth-order valence-corrected chi connectivity index (χ4v) is 3.01. The normalized spacial score (nSPS) is 18.8. The lowest BCUT2D eigenvalue weighted by Crippen LogP contribution is -2.41. The Balaban J connectivity index is 1.84. The number of halogens is 1. The van der Waals surface area contributed by atoms with Gasteiger partial charge in [-0.3, -0.25) is 10.1 Å². The maximum absolute atomic E-state index is 12.4. The number of nitrogens with zero attached hydrogens (tertiary/aromatic N) is 1. The topological polar surface area (TPSA) is 78.7 Å². The Hall–Kier alpha value is -2.60. The van der Waals surface area contributed by atoms with E-state index in [2.05, 4.69) is 0 Å². The third-order valence-electron chi connectivity index (χ3n) is 4.17. The maximum Gasteiger partial charge on any atom is 0.341 e. The molecular formula is C18H16ClNO5. The van der Waals surface area contributed by atoms with Gasteiger partial charge in [-0.05, 0) is 25.0 Å². The maximum atomic E-state index is 12.4.